The van der Waals surface area contributed by atoms with Gasteiger partial charge in [0.25, 0.3) is 11.8 Å². The molecule has 4 aromatic rings. The van der Waals surface area contributed by atoms with E-state index < -0.39 is 42.2 Å². The summed E-state index contributed by atoms with van der Waals surface area (Å²) in [7, 11) is 0. The number of urea groups is 1. The van der Waals surface area contributed by atoms with Gasteiger partial charge in [-0.1, -0.05) is 32.4 Å². The normalized spacial score (nSPS) is 16.7. The number of anilines is 3. The summed E-state index contributed by atoms with van der Waals surface area (Å²) in [5, 5.41) is 11.7. The van der Waals surface area contributed by atoms with E-state index in [0.29, 0.717) is 82.6 Å². The predicted octanol–water partition coefficient (Wildman–Crippen LogP) is 4.86. The Labute approximate surface area is 409 Å². The minimum absolute atomic E-state index is 0.0123. The lowest BCUT2D eigenvalue weighted by Gasteiger charge is -2.35. The Bertz CT molecular complexity index is 2530. The topological polar surface area (TPSA) is 242 Å². The van der Waals surface area contributed by atoms with Crippen LogP contribution in [0.3, 0.4) is 0 Å². The van der Waals surface area contributed by atoms with Crippen molar-refractivity contribution in [2.75, 3.05) is 67.5 Å². The first-order valence-corrected chi connectivity index (χ1v) is 24.5. The van der Waals surface area contributed by atoms with E-state index in [1.807, 2.05) is 29.2 Å². The Morgan fingerprint density at radius 2 is 1.63 bits per heavy atom. The monoisotopic (exact) mass is 981 g/mol. The molecule has 2 saturated heterocycles. The molecule has 3 aliphatic rings. The number of piperazine rings is 1. The highest BCUT2D eigenvalue weighted by atomic mass is 32.1. The second-order valence-corrected chi connectivity index (χ2v) is 18.9. The summed E-state index contributed by atoms with van der Waals surface area (Å²) < 4.78 is 20.4. The number of unbranched alkanes of at least 4 members (excludes halogenated alkanes) is 2. The SMILES string of the molecule is CC(C)[C@H](NC(=O)CCCCCN1C(=O)C=CC1=O)C(=O)N[C@@H](CCCNC(N)=O)C(=O)Nc1ccc(COC(=O)N2CCN(c3ccc4nc(-c5ccc(N6CC[C@@H](F)C6)nc5)sc4c3)CC2)cc1. The van der Waals surface area contributed by atoms with Gasteiger partial charge in [-0.2, -0.15) is 0 Å². The number of carbonyl (C=O) groups is 7. The number of nitrogens with zero attached hydrogens (tertiary/aromatic N) is 6. The molecule has 5 heterocycles. The molecule has 3 atom stereocenters. The van der Waals surface area contributed by atoms with Gasteiger partial charge in [-0.3, -0.25) is 28.9 Å². The Balaban J connectivity index is 0.850. The quantitative estimate of drug-likeness (QED) is 0.0556. The average molecular weight is 982 g/mol. The Hall–Kier alpha value is -7.16. The van der Waals surface area contributed by atoms with Gasteiger partial charge in [0.2, 0.25) is 17.7 Å². The van der Waals surface area contributed by atoms with Crippen LogP contribution < -0.4 is 36.8 Å². The van der Waals surface area contributed by atoms with Gasteiger partial charge in [-0.25, -0.2) is 23.9 Å². The lowest BCUT2D eigenvalue weighted by molar-refractivity contribution is -0.137. The summed E-state index contributed by atoms with van der Waals surface area (Å²) in [6.07, 6.45) is 5.72. The van der Waals surface area contributed by atoms with Crippen LogP contribution in [0, 0.1) is 5.92 Å². The molecule has 0 spiro atoms. The number of halogens is 1. The number of pyridine rings is 1. The van der Waals surface area contributed by atoms with Crippen LogP contribution in [-0.4, -0.2) is 132 Å². The number of carbonyl (C=O) groups excluding carboxylic acids is 7. The fraction of sp³-hybridized carbons (Fsp3) is 0.449. The molecule has 8 amide bonds. The van der Waals surface area contributed by atoms with Crippen molar-refractivity contribution in [3.05, 3.63) is 78.5 Å². The van der Waals surface area contributed by atoms with Crippen molar-refractivity contribution in [2.45, 2.75) is 83.7 Å². The van der Waals surface area contributed by atoms with Crippen molar-refractivity contribution >= 4 is 80.4 Å². The minimum atomic E-state index is -1.03. The molecular formula is C49H60FN11O8S. The molecule has 6 N–H and O–H groups in total. The number of amides is 8. The molecule has 0 saturated carbocycles. The predicted molar refractivity (Wildman–Crippen MR) is 263 cm³/mol. The van der Waals surface area contributed by atoms with Gasteiger partial charge in [-0.15, -0.1) is 11.3 Å². The second-order valence-electron chi connectivity index (χ2n) is 17.9. The number of nitrogens with one attached hydrogen (secondary N) is 4. The molecule has 3 aliphatic heterocycles. The smallest absolute Gasteiger partial charge is 0.410 e. The lowest BCUT2D eigenvalue weighted by atomic mass is 10.0. The van der Waals surface area contributed by atoms with E-state index in [1.54, 1.807) is 60.5 Å². The third-order valence-corrected chi connectivity index (χ3v) is 13.4. The number of alkyl halides is 1. The van der Waals surface area contributed by atoms with Crippen molar-refractivity contribution < 1.29 is 42.7 Å². The van der Waals surface area contributed by atoms with Gasteiger partial charge in [0.15, 0.2) is 0 Å². The first-order chi connectivity index (χ1) is 33.7. The highest BCUT2D eigenvalue weighted by molar-refractivity contribution is 7.21. The number of benzene rings is 2. The molecule has 2 aromatic carbocycles. The van der Waals surface area contributed by atoms with Crippen LogP contribution in [0.25, 0.3) is 20.8 Å². The van der Waals surface area contributed by atoms with E-state index in [9.17, 15) is 38.0 Å². The van der Waals surface area contributed by atoms with Gasteiger partial charge in [0.1, 0.15) is 35.7 Å². The first-order valence-electron chi connectivity index (χ1n) is 23.7. The van der Waals surface area contributed by atoms with E-state index in [2.05, 4.69) is 37.2 Å². The Kier molecular flexibility index (Phi) is 17.3. The van der Waals surface area contributed by atoms with Crippen LogP contribution in [0.1, 0.15) is 64.4 Å². The molecule has 21 heteroatoms. The number of imide groups is 1. The number of thiazole rings is 1. The standard InChI is InChI=1S/C49H60FN11O8S/c1-31(2)44(57-41(62)8-4-3-5-21-61-42(63)17-18-43(61)64)46(66)55-38(7-6-20-52-48(51)67)45(65)54-35-12-9-32(10-13-35)30-69-49(68)59-25-23-58(24-26-59)36-14-15-37-39(27-36)70-47(56-37)33-11-16-40(53-28-33)60-22-19-34(50)29-60/h9-18,27-28,31,34,38,44H,3-8,19-26,29-30H2,1-2H3,(H,54,65)(H,55,66)(H,57,62)(H3,51,52,67)/t34-,38+,44+/m1/s1. The number of fused-ring (bicyclic) bond motifs is 1. The van der Waals surface area contributed by atoms with Gasteiger partial charge in [0.05, 0.1) is 16.8 Å². The Morgan fingerprint density at radius 1 is 0.871 bits per heavy atom. The maximum Gasteiger partial charge on any atom is 0.410 e. The molecule has 2 fully saturated rings. The summed E-state index contributed by atoms with van der Waals surface area (Å²) in [5.41, 5.74) is 9.17. The van der Waals surface area contributed by atoms with Gasteiger partial charge >= 0.3 is 12.1 Å². The zero-order valence-corrected chi connectivity index (χ0v) is 40.2. The third-order valence-electron chi connectivity index (χ3n) is 12.4. The number of primary amides is 1. The highest BCUT2D eigenvalue weighted by Gasteiger charge is 2.30. The van der Waals surface area contributed by atoms with Crippen LogP contribution in [0.2, 0.25) is 0 Å². The van der Waals surface area contributed by atoms with E-state index in [4.69, 9.17) is 15.5 Å². The molecule has 0 aliphatic carbocycles. The number of hydrogen-bond donors (Lipinski definition) is 5. The number of ether oxygens (including phenoxy) is 1. The number of aromatic nitrogens is 2. The van der Waals surface area contributed by atoms with Gasteiger partial charge in [0, 0.05) is 87.5 Å². The number of rotatable bonds is 21. The highest BCUT2D eigenvalue weighted by Crippen LogP contribution is 2.34. The third kappa shape index (κ3) is 13.8. The first kappa shape index (κ1) is 50.7. The van der Waals surface area contributed by atoms with Gasteiger partial charge in [-0.05, 0) is 86.1 Å². The fourth-order valence-corrected chi connectivity index (χ4v) is 9.36. The molecule has 0 bridgehead atoms. The summed E-state index contributed by atoms with van der Waals surface area (Å²) >= 11 is 1.58. The molecule has 7 rings (SSSR count). The zero-order valence-electron chi connectivity index (χ0n) is 39.4. The van der Waals surface area contributed by atoms with Crippen molar-refractivity contribution in [2.24, 2.45) is 11.7 Å². The van der Waals surface area contributed by atoms with E-state index in [1.165, 1.54) is 12.2 Å². The van der Waals surface area contributed by atoms with Crippen molar-refractivity contribution in [3.8, 4) is 10.6 Å². The maximum absolute atomic E-state index is 13.7. The molecule has 19 nitrogen and oxygen atoms in total. The van der Waals surface area contributed by atoms with Gasteiger partial charge < -0.3 is 46.4 Å². The largest absolute Gasteiger partial charge is 0.445 e. The second kappa shape index (κ2) is 23.9. The van der Waals surface area contributed by atoms with Crippen LogP contribution >= 0.6 is 11.3 Å². The van der Waals surface area contributed by atoms with Crippen LogP contribution in [0.4, 0.5) is 31.2 Å². The maximum atomic E-state index is 13.7. The van der Waals surface area contributed by atoms with Crippen molar-refractivity contribution in [1.82, 2.24) is 35.7 Å². The Morgan fingerprint density at radius 3 is 2.30 bits per heavy atom. The molecule has 0 unspecified atom stereocenters. The van der Waals surface area contributed by atoms with Crippen molar-refractivity contribution in [1.29, 1.82) is 0 Å². The summed E-state index contributed by atoms with van der Waals surface area (Å²) in [6, 6.07) is 14.1. The number of nitrogens with two attached hydrogens (primary N) is 1. The molecular weight excluding hydrogens is 922 g/mol. The lowest BCUT2D eigenvalue weighted by Crippen LogP contribution is -2.54. The fourth-order valence-electron chi connectivity index (χ4n) is 8.37. The zero-order chi connectivity index (χ0) is 49.7. The number of hydrogen-bond acceptors (Lipinski definition) is 13. The van der Waals surface area contributed by atoms with Crippen LogP contribution in [0.15, 0.2) is 72.9 Å². The minimum Gasteiger partial charge on any atom is -0.445 e. The molecule has 70 heavy (non-hydrogen) atoms. The molecule has 2 aromatic heterocycles. The average Bonchev–Trinajstić information content (AvgIpc) is 4.08. The van der Waals surface area contributed by atoms with Crippen LogP contribution in [-0.2, 0) is 35.3 Å². The van der Waals surface area contributed by atoms with Crippen LogP contribution in [0.5, 0.6) is 0 Å². The van der Waals surface area contributed by atoms with E-state index in [-0.39, 0.29) is 56.2 Å². The summed E-state index contributed by atoms with van der Waals surface area (Å²) in [6.45, 7) is 7.21. The molecule has 0 radical (unpaired) electrons. The van der Waals surface area contributed by atoms with Crippen molar-refractivity contribution in [3.63, 3.8) is 0 Å². The summed E-state index contributed by atoms with van der Waals surface area (Å²) in [5.74, 6) is -1.67. The van der Waals surface area contributed by atoms with E-state index >= 15 is 0 Å². The van der Waals surface area contributed by atoms with E-state index in [0.717, 1.165) is 37.2 Å². The summed E-state index contributed by atoms with van der Waals surface area (Å²) in [4.78, 5) is 104. The molecule has 372 valence electrons.